The number of benzene rings is 2. The van der Waals surface area contributed by atoms with Crippen LogP contribution in [-0.2, 0) is 11.3 Å². The molecule has 1 N–H and O–H groups in total. The van der Waals surface area contributed by atoms with Gasteiger partial charge < -0.3 is 9.88 Å². The summed E-state index contributed by atoms with van der Waals surface area (Å²) in [5.74, 6) is -0.226. The number of aromatic nitrogens is 1. The predicted molar refractivity (Wildman–Crippen MR) is 88.4 cm³/mol. The van der Waals surface area contributed by atoms with Crippen LogP contribution in [0.1, 0.15) is 5.56 Å². The average molecular weight is 320 g/mol. The topological polar surface area (TPSA) is 101 Å². The van der Waals surface area contributed by atoms with E-state index >= 15 is 0 Å². The van der Waals surface area contributed by atoms with Crippen molar-refractivity contribution >= 4 is 28.2 Å². The summed E-state index contributed by atoms with van der Waals surface area (Å²) < 4.78 is 1.72. The number of carbonyl (C=O) groups excluding carboxylic acids is 1. The quantitative estimate of drug-likeness (QED) is 0.589. The third-order valence-corrected chi connectivity index (χ3v) is 3.58. The summed E-state index contributed by atoms with van der Waals surface area (Å²) >= 11 is 0. The van der Waals surface area contributed by atoms with Gasteiger partial charge in [0.1, 0.15) is 6.54 Å². The van der Waals surface area contributed by atoms with Gasteiger partial charge in [0.2, 0.25) is 5.91 Å². The van der Waals surface area contributed by atoms with Gasteiger partial charge in [-0.1, -0.05) is 0 Å². The minimum atomic E-state index is -0.450. The molecule has 7 nitrogen and oxygen atoms in total. The second-order valence-corrected chi connectivity index (χ2v) is 5.18. The number of amides is 1. The summed E-state index contributed by atoms with van der Waals surface area (Å²) in [5, 5.41) is 23.0. The fraction of sp³-hybridized carbons (Fsp3) is 0.0588. The van der Waals surface area contributed by atoms with E-state index in [2.05, 4.69) is 5.32 Å². The number of hydrogen-bond donors (Lipinski definition) is 1. The molecule has 0 aliphatic rings. The van der Waals surface area contributed by atoms with Crippen molar-refractivity contribution in [3.8, 4) is 6.07 Å². The largest absolute Gasteiger partial charge is 0.338 e. The van der Waals surface area contributed by atoms with Gasteiger partial charge in [-0.2, -0.15) is 5.26 Å². The summed E-state index contributed by atoms with van der Waals surface area (Å²) in [6, 6.07) is 14.8. The van der Waals surface area contributed by atoms with Crippen LogP contribution in [0.3, 0.4) is 0 Å². The first-order valence-corrected chi connectivity index (χ1v) is 7.10. The molecule has 1 aromatic heterocycles. The molecular weight excluding hydrogens is 308 g/mol. The van der Waals surface area contributed by atoms with Crippen molar-refractivity contribution in [3.63, 3.8) is 0 Å². The Labute approximate surface area is 136 Å². The number of nitro groups is 1. The first kappa shape index (κ1) is 15.2. The molecule has 7 heteroatoms. The van der Waals surface area contributed by atoms with Gasteiger partial charge in [-0.3, -0.25) is 14.9 Å². The van der Waals surface area contributed by atoms with E-state index in [-0.39, 0.29) is 18.1 Å². The maximum atomic E-state index is 12.1. The number of fused-ring (bicyclic) bond motifs is 1. The van der Waals surface area contributed by atoms with Crippen molar-refractivity contribution in [2.45, 2.75) is 6.54 Å². The molecule has 0 fully saturated rings. The third kappa shape index (κ3) is 3.08. The number of carbonyl (C=O) groups is 1. The van der Waals surface area contributed by atoms with Crippen LogP contribution in [0.2, 0.25) is 0 Å². The Hall–Kier alpha value is -3.66. The molecule has 0 spiro atoms. The van der Waals surface area contributed by atoms with E-state index in [4.69, 9.17) is 5.26 Å². The predicted octanol–water partition coefficient (Wildman–Crippen LogP) is 3.06. The average Bonchev–Trinajstić information content (AvgIpc) is 2.97. The lowest BCUT2D eigenvalue weighted by Gasteiger charge is -2.07. The number of non-ortho nitro benzene ring substituents is 1. The van der Waals surface area contributed by atoms with E-state index in [0.717, 1.165) is 5.52 Å². The highest BCUT2D eigenvalue weighted by Gasteiger charge is 2.11. The van der Waals surface area contributed by atoms with Crippen LogP contribution in [-0.4, -0.2) is 15.4 Å². The second-order valence-electron chi connectivity index (χ2n) is 5.18. The highest BCUT2D eigenvalue weighted by Crippen LogP contribution is 2.22. The molecule has 1 heterocycles. The van der Waals surface area contributed by atoms with Gasteiger partial charge in [-0.05, 0) is 36.4 Å². The summed E-state index contributed by atoms with van der Waals surface area (Å²) in [6.07, 6.45) is 1.72. The van der Waals surface area contributed by atoms with Crippen LogP contribution in [0.15, 0.2) is 54.7 Å². The highest BCUT2D eigenvalue weighted by atomic mass is 16.6. The fourth-order valence-corrected chi connectivity index (χ4v) is 2.42. The van der Waals surface area contributed by atoms with Crippen LogP contribution in [0.4, 0.5) is 11.4 Å². The zero-order valence-corrected chi connectivity index (χ0v) is 12.5. The Kier molecular flexibility index (Phi) is 3.95. The number of anilines is 1. The number of nitro benzene ring substituents is 1. The molecule has 0 aliphatic heterocycles. The minimum absolute atomic E-state index is 0.0160. The smallest absolute Gasteiger partial charge is 0.270 e. The normalized spacial score (nSPS) is 10.3. The summed E-state index contributed by atoms with van der Waals surface area (Å²) in [4.78, 5) is 22.5. The van der Waals surface area contributed by atoms with Crippen LogP contribution in [0.5, 0.6) is 0 Å². The molecule has 118 valence electrons. The molecule has 0 bridgehead atoms. The van der Waals surface area contributed by atoms with E-state index in [1.807, 2.05) is 6.07 Å². The van der Waals surface area contributed by atoms with Crippen LogP contribution in [0.25, 0.3) is 10.9 Å². The Morgan fingerprint density at radius 2 is 1.96 bits per heavy atom. The van der Waals surface area contributed by atoms with E-state index < -0.39 is 4.92 Å². The molecule has 3 rings (SSSR count). The van der Waals surface area contributed by atoms with E-state index in [1.165, 1.54) is 12.1 Å². The summed E-state index contributed by atoms with van der Waals surface area (Å²) in [6.45, 7) is 0.0846. The number of nitriles is 1. The second kappa shape index (κ2) is 6.22. The molecular formula is C17H12N4O3. The van der Waals surface area contributed by atoms with E-state index in [0.29, 0.717) is 16.6 Å². The van der Waals surface area contributed by atoms with Gasteiger partial charge in [0.25, 0.3) is 5.69 Å². The van der Waals surface area contributed by atoms with Crippen LogP contribution in [0, 0.1) is 21.4 Å². The fourth-order valence-electron chi connectivity index (χ4n) is 2.42. The van der Waals surface area contributed by atoms with Gasteiger partial charge in [0.05, 0.1) is 16.6 Å². The molecule has 24 heavy (non-hydrogen) atoms. The number of hydrogen-bond acceptors (Lipinski definition) is 4. The zero-order chi connectivity index (χ0) is 17.1. The van der Waals surface area contributed by atoms with Crippen molar-refractivity contribution in [2.75, 3.05) is 5.32 Å². The van der Waals surface area contributed by atoms with Gasteiger partial charge in [0.15, 0.2) is 0 Å². The SMILES string of the molecule is N#Cc1ccc(NC(=O)Cn2ccc3cc([N+](=O)[O-])ccc32)cc1. The van der Waals surface area contributed by atoms with Crippen molar-refractivity contribution < 1.29 is 9.72 Å². The monoisotopic (exact) mass is 320 g/mol. The summed E-state index contributed by atoms with van der Waals surface area (Å²) in [5.41, 5.74) is 1.88. The molecule has 0 saturated carbocycles. The lowest BCUT2D eigenvalue weighted by molar-refractivity contribution is -0.384. The number of rotatable bonds is 4. The highest BCUT2D eigenvalue weighted by molar-refractivity contribution is 5.92. The van der Waals surface area contributed by atoms with Crippen molar-refractivity contribution in [1.82, 2.24) is 4.57 Å². The Morgan fingerprint density at radius 1 is 1.21 bits per heavy atom. The van der Waals surface area contributed by atoms with Crippen molar-refractivity contribution in [3.05, 3.63) is 70.4 Å². The number of nitrogens with one attached hydrogen (secondary N) is 1. The maximum Gasteiger partial charge on any atom is 0.270 e. The molecule has 0 unspecified atom stereocenters. The molecule has 0 aliphatic carbocycles. The van der Waals surface area contributed by atoms with Crippen LogP contribution < -0.4 is 5.32 Å². The van der Waals surface area contributed by atoms with E-state index in [9.17, 15) is 14.9 Å². The molecule has 2 aromatic carbocycles. The third-order valence-electron chi connectivity index (χ3n) is 3.58. The lowest BCUT2D eigenvalue weighted by atomic mass is 10.2. The van der Waals surface area contributed by atoms with Gasteiger partial charge in [0, 0.05) is 34.9 Å². The first-order chi connectivity index (χ1) is 11.6. The van der Waals surface area contributed by atoms with Crippen LogP contribution >= 0.6 is 0 Å². The molecule has 1 amide bonds. The number of nitrogens with zero attached hydrogens (tertiary/aromatic N) is 3. The van der Waals surface area contributed by atoms with Gasteiger partial charge in [-0.15, -0.1) is 0 Å². The van der Waals surface area contributed by atoms with Gasteiger partial charge in [-0.25, -0.2) is 0 Å². The van der Waals surface area contributed by atoms with Crippen molar-refractivity contribution in [2.24, 2.45) is 0 Å². The minimum Gasteiger partial charge on any atom is -0.338 e. The molecule has 0 radical (unpaired) electrons. The molecule has 0 saturated heterocycles. The maximum absolute atomic E-state index is 12.1. The standard InChI is InChI=1S/C17H12N4O3/c18-10-12-1-3-14(4-2-12)19-17(22)11-20-8-7-13-9-15(21(23)24)5-6-16(13)20/h1-9H,11H2,(H,19,22). The van der Waals surface area contributed by atoms with Crippen molar-refractivity contribution in [1.29, 1.82) is 5.26 Å². The van der Waals surface area contributed by atoms with E-state index in [1.54, 1.807) is 47.2 Å². The zero-order valence-electron chi connectivity index (χ0n) is 12.5. The lowest BCUT2D eigenvalue weighted by Crippen LogP contribution is -2.18. The van der Waals surface area contributed by atoms with Gasteiger partial charge >= 0.3 is 0 Å². The Morgan fingerprint density at radius 3 is 2.62 bits per heavy atom. The summed E-state index contributed by atoms with van der Waals surface area (Å²) in [7, 11) is 0. The molecule has 3 aromatic rings. The molecule has 0 atom stereocenters. The first-order valence-electron chi connectivity index (χ1n) is 7.10. The Balaban J connectivity index is 1.75. The Bertz CT molecular complexity index is 968.